The summed E-state index contributed by atoms with van der Waals surface area (Å²) in [4.78, 5) is 17.0. The van der Waals surface area contributed by atoms with Gasteiger partial charge in [-0.15, -0.1) is 24.5 Å². The number of nitrogens with zero attached hydrogens (tertiary/aromatic N) is 3. The molecule has 0 saturated carbocycles. The van der Waals surface area contributed by atoms with Crippen LogP contribution < -0.4 is 20.3 Å². The molecular weight excluding hydrogens is 554 g/mol. The van der Waals surface area contributed by atoms with E-state index in [0.717, 1.165) is 30.3 Å². The maximum absolute atomic E-state index is 14.0. The van der Waals surface area contributed by atoms with E-state index in [4.69, 9.17) is 5.73 Å². The molecule has 15 heteroatoms. The van der Waals surface area contributed by atoms with E-state index in [-0.39, 0.29) is 16.2 Å². The monoisotopic (exact) mass is 566 g/mol. The first-order valence-electron chi connectivity index (χ1n) is 10.7. The minimum absolute atomic E-state index is 0.0126. The summed E-state index contributed by atoms with van der Waals surface area (Å²) in [5.41, 5.74) is 3.90. The van der Waals surface area contributed by atoms with Crippen molar-refractivity contribution in [1.29, 1.82) is 0 Å². The number of thiophene rings is 1. The van der Waals surface area contributed by atoms with Crippen LogP contribution in [-0.2, 0) is 6.18 Å². The van der Waals surface area contributed by atoms with Crippen molar-refractivity contribution in [3.8, 4) is 28.6 Å². The van der Waals surface area contributed by atoms with Crippen molar-refractivity contribution in [2.24, 2.45) is 0 Å². The zero-order chi connectivity index (χ0) is 28.1. The van der Waals surface area contributed by atoms with Gasteiger partial charge in [0.2, 0.25) is 5.69 Å². The number of alkyl halides is 6. The number of rotatable bonds is 5. The van der Waals surface area contributed by atoms with E-state index < -0.39 is 57.2 Å². The molecule has 0 aliphatic heterocycles. The zero-order valence-corrected chi connectivity index (χ0v) is 19.8. The number of anilines is 1. The predicted molar refractivity (Wildman–Crippen MR) is 122 cm³/mol. The van der Waals surface area contributed by atoms with Gasteiger partial charge in [-0.25, -0.2) is 4.98 Å². The Labute approximate surface area is 217 Å². The lowest BCUT2D eigenvalue weighted by atomic mass is 10.0. The van der Waals surface area contributed by atoms with Crippen LogP contribution in [0.5, 0.6) is 11.7 Å². The van der Waals surface area contributed by atoms with Crippen LogP contribution in [-0.4, -0.2) is 22.4 Å². The Bertz CT molecular complexity index is 1700. The highest BCUT2D eigenvalue weighted by atomic mass is 32.1. The molecule has 0 radical (unpaired) electrons. The van der Waals surface area contributed by atoms with Crippen molar-refractivity contribution in [3.63, 3.8) is 0 Å². The van der Waals surface area contributed by atoms with E-state index in [1.807, 2.05) is 0 Å². The molecule has 0 unspecified atom stereocenters. The van der Waals surface area contributed by atoms with E-state index in [0.29, 0.717) is 21.6 Å². The van der Waals surface area contributed by atoms with Crippen molar-refractivity contribution in [2.45, 2.75) is 12.5 Å². The summed E-state index contributed by atoms with van der Waals surface area (Å²) in [6.45, 7) is 0. The third-order valence-electron chi connectivity index (χ3n) is 5.42. The lowest BCUT2D eigenvalue weighted by Gasteiger charge is -2.11. The molecule has 5 rings (SSSR count). The van der Waals surface area contributed by atoms with E-state index in [2.05, 4.69) is 19.5 Å². The van der Waals surface area contributed by atoms with Gasteiger partial charge in [-0.3, -0.25) is 4.79 Å². The highest BCUT2D eigenvalue weighted by molar-refractivity contribution is 7.21. The molecule has 0 saturated heterocycles. The van der Waals surface area contributed by atoms with Gasteiger partial charge in [0.25, 0.3) is 5.78 Å². The lowest BCUT2D eigenvalue weighted by molar-refractivity contribution is -0.672. The summed E-state index contributed by atoms with van der Waals surface area (Å²) >= 11 is 0.538. The number of hydrogen-bond acceptors (Lipinski definition) is 8. The maximum Gasteiger partial charge on any atom is 0.573 e. The van der Waals surface area contributed by atoms with Gasteiger partial charge >= 0.3 is 18.2 Å². The molecule has 200 valence electrons. The van der Waals surface area contributed by atoms with Gasteiger partial charge in [0.1, 0.15) is 15.5 Å². The van der Waals surface area contributed by atoms with Gasteiger partial charge in [-0.2, -0.15) is 13.2 Å². The number of carbonyl (C=O) groups excluding carboxylic acids is 1. The maximum atomic E-state index is 14.0. The Morgan fingerprint density at radius 1 is 1.03 bits per heavy atom. The van der Waals surface area contributed by atoms with Gasteiger partial charge in [0.05, 0.1) is 22.2 Å². The second-order valence-corrected chi connectivity index (χ2v) is 8.93. The zero-order valence-electron chi connectivity index (χ0n) is 19.0. The SMILES string of the molecule is Nc1c(C(=O)c2c([O-])on[n+]2-c2ccc(OC(F)(F)F)cc2)sc2nc(-c3ccccc3)cc(C(F)(F)F)c12. The topological polar surface area (TPSA) is 118 Å². The highest BCUT2D eigenvalue weighted by Gasteiger charge is 2.38. The fraction of sp³-hybridized carbons (Fsp3) is 0.0833. The number of halogens is 6. The molecule has 0 aliphatic rings. The normalized spacial score (nSPS) is 12.2. The number of pyridine rings is 1. The molecule has 0 atom stereocenters. The number of nitrogen functional groups attached to an aromatic ring is 1. The quantitative estimate of drug-likeness (QED) is 0.180. The molecule has 2 N–H and O–H groups in total. The second kappa shape index (κ2) is 9.27. The van der Waals surface area contributed by atoms with Gasteiger partial charge in [-0.1, -0.05) is 30.3 Å². The first kappa shape index (κ1) is 26.0. The number of aromatic nitrogens is 3. The van der Waals surface area contributed by atoms with Crippen LogP contribution in [0.2, 0.25) is 0 Å². The van der Waals surface area contributed by atoms with Crippen molar-refractivity contribution in [2.75, 3.05) is 5.73 Å². The van der Waals surface area contributed by atoms with Gasteiger partial charge < -0.3 is 20.1 Å². The molecular formula is C24H12F6N4O4S. The average Bonchev–Trinajstić information content (AvgIpc) is 3.42. The molecule has 0 fully saturated rings. The van der Waals surface area contributed by atoms with Crippen molar-refractivity contribution in [1.82, 2.24) is 10.3 Å². The number of ether oxygens (including phenoxy) is 1. The molecule has 3 aromatic heterocycles. The van der Waals surface area contributed by atoms with E-state index >= 15 is 0 Å². The first-order chi connectivity index (χ1) is 18.3. The van der Waals surface area contributed by atoms with Crippen LogP contribution in [0.4, 0.5) is 32.0 Å². The average molecular weight is 566 g/mol. The molecule has 5 aromatic rings. The first-order valence-corrected chi connectivity index (χ1v) is 11.5. The van der Waals surface area contributed by atoms with Crippen LogP contribution in [0, 0.1) is 0 Å². The summed E-state index contributed by atoms with van der Waals surface area (Å²) < 4.78 is 88.5. The number of nitrogens with two attached hydrogens (primary N) is 1. The molecule has 0 bridgehead atoms. The van der Waals surface area contributed by atoms with Crippen LogP contribution in [0.25, 0.3) is 27.2 Å². The van der Waals surface area contributed by atoms with Gasteiger partial charge in [0.15, 0.2) is 5.95 Å². The minimum Gasteiger partial charge on any atom is -0.539 e. The Balaban J connectivity index is 1.61. The van der Waals surface area contributed by atoms with Crippen molar-refractivity contribution < 1.29 is 50.2 Å². The molecule has 0 amide bonds. The Morgan fingerprint density at radius 3 is 2.31 bits per heavy atom. The van der Waals surface area contributed by atoms with Gasteiger partial charge in [-0.05, 0) is 22.9 Å². The fourth-order valence-electron chi connectivity index (χ4n) is 3.78. The third kappa shape index (κ3) is 4.95. The Hall–Kier alpha value is -4.66. The summed E-state index contributed by atoms with van der Waals surface area (Å²) in [7, 11) is 0. The van der Waals surface area contributed by atoms with Crippen molar-refractivity contribution >= 4 is 33.0 Å². The smallest absolute Gasteiger partial charge is 0.539 e. The molecule has 0 spiro atoms. The molecule has 8 nitrogen and oxygen atoms in total. The number of hydrogen-bond donors (Lipinski definition) is 1. The number of carbonyl (C=O) groups is 1. The van der Waals surface area contributed by atoms with E-state index in [1.165, 1.54) is 0 Å². The largest absolute Gasteiger partial charge is 0.573 e. The van der Waals surface area contributed by atoms with Crippen molar-refractivity contribution in [3.05, 3.63) is 76.8 Å². The molecule has 0 aliphatic carbocycles. The molecule has 3 heterocycles. The fourth-order valence-corrected chi connectivity index (χ4v) is 4.84. The summed E-state index contributed by atoms with van der Waals surface area (Å²) in [6, 6.07) is 12.8. The minimum atomic E-state index is -4.95. The summed E-state index contributed by atoms with van der Waals surface area (Å²) in [6.07, 6.45) is -9.81. The summed E-state index contributed by atoms with van der Waals surface area (Å²) in [5, 5.41) is 15.3. The second-order valence-electron chi connectivity index (χ2n) is 7.94. The Morgan fingerprint density at radius 2 is 1.69 bits per heavy atom. The predicted octanol–water partition coefficient (Wildman–Crippen LogP) is 5.03. The third-order valence-corrected chi connectivity index (χ3v) is 6.52. The lowest BCUT2D eigenvalue weighted by Crippen LogP contribution is -2.39. The van der Waals surface area contributed by atoms with E-state index in [1.54, 1.807) is 30.3 Å². The summed E-state index contributed by atoms with van der Waals surface area (Å²) in [5.74, 6) is -2.95. The molecule has 39 heavy (non-hydrogen) atoms. The number of benzene rings is 2. The highest BCUT2D eigenvalue weighted by Crippen LogP contribution is 2.44. The van der Waals surface area contributed by atoms with Crippen LogP contribution in [0.15, 0.2) is 65.2 Å². The van der Waals surface area contributed by atoms with Gasteiger partial charge in [0, 0.05) is 23.1 Å². The Kier molecular flexibility index (Phi) is 6.17. The van der Waals surface area contributed by atoms with Crippen LogP contribution >= 0.6 is 11.3 Å². The van der Waals surface area contributed by atoms with E-state index in [9.17, 15) is 36.2 Å². The van der Waals surface area contributed by atoms with Crippen LogP contribution in [0.3, 0.4) is 0 Å². The van der Waals surface area contributed by atoms with Crippen LogP contribution in [0.1, 0.15) is 20.9 Å². The molecule has 2 aromatic carbocycles. The number of ketones is 1. The number of fused-ring (bicyclic) bond motifs is 1. The standard InChI is InChI=1S/C24H12F6N4O4S/c25-23(26,27)14-10-15(11-4-2-1-3-5-11)32-21-16(14)17(31)20(39-21)19(35)18-22(36)38-33-34(18)12-6-8-13(9-7-12)37-24(28,29)30/h1-10H,(H2-,31,33,35,36).